The third-order valence-electron chi connectivity index (χ3n) is 4.08. The zero-order valence-electron chi connectivity index (χ0n) is 13.1. The number of halogens is 2. The molecule has 1 aromatic carbocycles. The van der Waals surface area contributed by atoms with Crippen LogP contribution in [0.5, 0.6) is 0 Å². The van der Waals surface area contributed by atoms with E-state index in [4.69, 9.17) is 5.73 Å². The Morgan fingerprint density at radius 2 is 2.23 bits per heavy atom. The van der Waals surface area contributed by atoms with Crippen molar-refractivity contribution in [3.05, 3.63) is 28.2 Å². The van der Waals surface area contributed by atoms with Crippen LogP contribution in [0.1, 0.15) is 31.7 Å². The van der Waals surface area contributed by atoms with Gasteiger partial charge in [0.2, 0.25) is 5.91 Å². The summed E-state index contributed by atoms with van der Waals surface area (Å²) < 4.78 is 1.02. The summed E-state index contributed by atoms with van der Waals surface area (Å²) in [6.07, 6.45) is 3.44. The van der Waals surface area contributed by atoms with Gasteiger partial charge in [0.25, 0.3) is 0 Å². The maximum absolute atomic E-state index is 12.3. The first-order valence-corrected chi connectivity index (χ1v) is 8.32. The predicted molar refractivity (Wildman–Crippen MR) is 97.6 cm³/mol. The Balaban J connectivity index is 0.00000242. The molecular weight excluding hydrogens is 366 g/mol. The van der Waals surface area contributed by atoms with E-state index in [-0.39, 0.29) is 24.4 Å². The van der Waals surface area contributed by atoms with Gasteiger partial charge in [-0.05, 0) is 57.0 Å². The van der Waals surface area contributed by atoms with Crippen LogP contribution < -0.4 is 11.1 Å². The number of nitrogens with one attached hydrogen (secondary N) is 1. The average Bonchev–Trinajstić information content (AvgIpc) is 2.42. The van der Waals surface area contributed by atoms with Crippen LogP contribution in [0.25, 0.3) is 0 Å². The Labute approximate surface area is 147 Å². The number of nitrogens with zero attached hydrogens (tertiary/aromatic N) is 1. The first-order valence-electron chi connectivity index (χ1n) is 7.53. The summed E-state index contributed by atoms with van der Waals surface area (Å²) in [7, 11) is 0. The van der Waals surface area contributed by atoms with E-state index in [0.29, 0.717) is 12.6 Å². The Morgan fingerprint density at radius 3 is 2.86 bits per heavy atom. The van der Waals surface area contributed by atoms with Gasteiger partial charge in [-0.2, -0.15) is 0 Å². The molecule has 1 saturated heterocycles. The average molecular weight is 391 g/mol. The lowest BCUT2D eigenvalue weighted by Crippen LogP contribution is -2.51. The Hall–Kier alpha value is -0.620. The standard InChI is InChI=1S/C16H24BrN3O.ClH/c1-11-9-13(17)6-7-14(11)19-16(21)10-20-8-4-3-5-15(20)12(2)18;/h6-7,9,12,15H,3-5,8,10,18H2,1-2H3,(H,19,21);1H. The van der Waals surface area contributed by atoms with Gasteiger partial charge in [0.15, 0.2) is 0 Å². The molecule has 2 unspecified atom stereocenters. The number of piperidine rings is 1. The van der Waals surface area contributed by atoms with Crippen molar-refractivity contribution >= 4 is 39.9 Å². The van der Waals surface area contributed by atoms with Crippen LogP contribution in [0, 0.1) is 6.92 Å². The van der Waals surface area contributed by atoms with E-state index < -0.39 is 0 Å². The number of amides is 1. The van der Waals surface area contributed by atoms with E-state index in [1.807, 2.05) is 32.0 Å². The topological polar surface area (TPSA) is 58.4 Å². The first-order chi connectivity index (χ1) is 9.97. The second-order valence-corrected chi connectivity index (χ2v) is 6.82. The van der Waals surface area contributed by atoms with Crippen LogP contribution in [0.15, 0.2) is 22.7 Å². The molecule has 1 heterocycles. The number of rotatable bonds is 4. The Morgan fingerprint density at radius 1 is 1.50 bits per heavy atom. The van der Waals surface area contributed by atoms with Crippen LogP contribution in [0.2, 0.25) is 0 Å². The monoisotopic (exact) mass is 389 g/mol. The van der Waals surface area contributed by atoms with Crippen molar-refractivity contribution in [3.63, 3.8) is 0 Å². The molecule has 6 heteroatoms. The molecular formula is C16H25BrClN3O. The van der Waals surface area contributed by atoms with Gasteiger partial charge in [0.05, 0.1) is 6.54 Å². The number of aryl methyl sites for hydroxylation is 1. The van der Waals surface area contributed by atoms with E-state index in [1.165, 1.54) is 6.42 Å². The second kappa shape index (κ2) is 8.87. The number of carbonyl (C=O) groups excluding carboxylic acids is 1. The van der Waals surface area contributed by atoms with Gasteiger partial charge in [-0.1, -0.05) is 22.4 Å². The van der Waals surface area contributed by atoms with Crippen molar-refractivity contribution in [1.29, 1.82) is 0 Å². The number of benzene rings is 1. The molecule has 0 spiro atoms. The van der Waals surface area contributed by atoms with E-state index >= 15 is 0 Å². The molecule has 0 bridgehead atoms. The summed E-state index contributed by atoms with van der Waals surface area (Å²) in [6, 6.07) is 6.29. The highest BCUT2D eigenvalue weighted by atomic mass is 79.9. The zero-order chi connectivity index (χ0) is 15.4. The van der Waals surface area contributed by atoms with Crippen LogP contribution >= 0.6 is 28.3 Å². The molecule has 124 valence electrons. The third-order valence-corrected chi connectivity index (χ3v) is 4.57. The smallest absolute Gasteiger partial charge is 0.238 e. The molecule has 1 fully saturated rings. The molecule has 0 aromatic heterocycles. The van der Waals surface area contributed by atoms with E-state index in [1.54, 1.807) is 0 Å². The fraction of sp³-hybridized carbons (Fsp3) is 0.562. The normalized spacial score (nSPS) is 20.1. The van der Waals surface area contributed by atoms with Gasteiger partial charge in [0.1, 0.15) is 0 Å². The Kier molecular flexibility index (Phi) is 7.83. The van der Waals surface area contributed by atoms with Crippen molar-refractivity contribution in [2.75, 3.05) is 18.4 Å². The largest absolute Gasteiger partial charge is 0.327 e. The Bertz CT molecular complexity index is 510. The van der Waals surface area contributed by atoms with E-state index in [0.717, 1.165) is 35.1 Å². The number of carbonyl (C=O) groups is 1. The van der Waals surface area contributed by atoms with Crippen molar-refractivity contribution in [3.8, 4) is 0 Å². The molecule has 0 saturated carbocycles. The summed E-state index contributed by atoms with van der Waals surface area (Å²) >= 11 is 3.43. The first kappa shape index (κ1) is 19.4. The second-order valence-electron chi connectivity index (χ2n) is 5.90. The molecule has 1 aliphatic heterocycles. The minimum absolute atomic E-state index is 0. The number of nitrogens with two attached hydrogens (primary N) is 1. The summed E-state index contributed by atoms with van der Waals surface area (Å²) in [5.74, 6) is 0.0352. The van der Waals surface area contributed by atoms with Gasteiger partial charge in [-0.3, -0.25) is 9.69 Å². The highest BCUT2D eigenvalue weighted by Gasteiger charge is 2.26. The van der Waals surface area contributed by atoms with E-state index in [9.17, 15) is 4.79 Å². The molecule has 0 radical (unpaired) electrons. The maximum atomic E-state index is 12.3. The van der Waals surface area contributed by atoms with Crippen molar-refractivity contribution in [1.82, 2.24) is 4.90 Å². The van der Waals surface area contributed by atoms with Crippen LogP contribution in [-0.2, 0) is 4.79 Å². The lowest BCUT2D eigenvalue weighted by atomic mass is 9.97. The number of hydrogen-bond acceptors (Lipinski definition) is 3. The maximum Gasteiger partial charge on any atom is 0.238 e. The highest BCUT2D eigenvalue weighted by molar-refractivity contribution is 9.10. The van der Waals surface area contributed by atoms with Crippen LogP contribution in [-0.4, -0.2) is 36.0 Å². The van der Waals surface area contributed by atoms with Crippen molar-refractivity contribution < 1.29 is 4.79 Å². The minimum Gasteiger partial charge on any atom is -0.327 e. The van der Waals surface area contributed by atoms with Crippen molar-refractivity contribution in [2.24, 2.45) is 5.73 Å². The molecule has 4 nitrogen and oxygen atoms in total. The number of hydrogen-bond donors (Lipinski definition) is 2. The van der Waals surface area contributed by atoms with Crippen LogP contribution in [0.4, 0.5) is 5.69 Å². The third kappa shape index (κ3) is 5.23. The summed E-state index contributed by atoms with van der Waals surface area (Å²) in [5.41, 5.74) is 7.98. The summed E-state index contributed by atoms with van der Waals surface area (Å²) in [4.78, 5) is 14.5. The minimum atomic E-state index is 0. The predicted octanol–water partition coefficient (Wildman–Crippen LogP) is 3.32. The molecule has 1 aromatic rings. The quantitative estimate of drug-likeness (QED) is 0.829. The zero-order valence-corrected chi connectivity index (χ0v) is 15.5. The molecule has 22 heavy (non-hydrogen) atoms. The van der Waals surface area contributed by atoms with Crippen LogP contribution in [0.3, 0.4) is 0 Å². The molecule has 1 aliphatic rings. The van der Waals surface area contributed by atoms with Gasteiger partial charge in [-0.15, -0.1) is 12.4 Å². The lowest BCUT2D eigenvalue weighted by molar-refractivity contribution is -0.118. The van der Waals surface area contributed by atoms with E-state index in [2.05, 4.69) is 26.1 Å². The molecule has 3 N–H and O–H groups in total. The fourth-order valence-corrected chi connectivity index (χ4v) is 3.43. The van der Waals surface area contributed by atoms with Gasteiger partial charge < -0.3 is 11.1 Å². The summed E-state index contributed by atoms with van der Waals surface area (Å²) in [6.45, 7) is 5.40. The SMILES string of the molecule is Cc1cc(Br)ccc1NC(=O)CN1CCCCC1C(C)N.Cl. The molecule has 0 aliphatic carbocycles. The van der Waals surface area contributed by atoms with Crippen molar-refractivity contribution in [2.45, 2.75) is 45.2 Å². The highest BCUT2D eigenvalue weighted by Crippen LogP contribution is 2.21. The van der Waals surface area contributed by atoms with Gasteiger partial charge in [-0.25, -0.2) is 0 Å². The summed E-state index contributed by atoms with van der Waals surface area (Å²) in [5, 5.41) is 3.00. The lowest BCUT2D eigenvalue weighted by Gasteiger charge is -2.37. The number of likely N-dealkylation sites (tertiary alicyclic amines) is 1. The number of anilines is 1. The van der Waals surface area contributed by atoms with Gasteiger partial charge in [0, 0.05) is 22.2 Å². The van der Waals surface area contributed by atoms with Gasteiger partial charge >= 0.3 is 0 Å². The molecule has 2 rings (SSSR count). The fourth-order valence-electron chi connectivity index (χ4n) is 2.95. The molecule has 2 atom stereocenters. The molecule has 1 amide bonds.